The first-order valence-electron chi connectivity index (χ1n) is 10.9. The van der Waals surface area contributed by atoms with Gasteiger partial charge in [-0.2, -0.15) is 0 Å². The van der Waals surface area contributed by atoms with E-state index in [1.807, 2.05) is 30.5 Å². The van der Waals surface area contributed by atoms with Crippen molar-refractivity contribution in [2.75, 3.05) is 34.3 Å². The Labute approximate surface area is 195 Å². The third-order valence-electron chi connectivity index (χ3n) is 6.09. The lowest BCUT2D eigenvalue weighted by Crippen LogP contribution is -2.35. The van der Waals surface area contributed by atoms with Gasteiger partial charge in [-0.25, -0.2) is 0 Å². The molecule has 1 fully saturated rings. The Morgan fingerprint density at radius 3 is 2.62 bits per heavy atom. The van der Waals surface area contributed by atoms with Crippen molar-refractivity contribution in [1.29, 1.82) is 0 Å². The summed E-state index contributed by atoms with van der Waals surface area (Å²) in [7, 11) is 5.88. The Bertz CT molecular complexity index is 1090. The highest BCUT2D eigenvalue weighted by Gasteiger charge is 2.41. The number of ether oxygens (including phenoxy) is 1. The average Bonchev–Trinajstić information content (AvgIpc) is 3.27. The number of methoxy groups -OCH3 is 1. The van der Waals surface area contributed by atoms with Crippen LogP contribution in [0, 0.1) is 13.8 Å². The van der Waals surface area contributed by atoms with Crippen LogP contribution in [-0.2, 0) is 0 Å². The molecular formula is C25H31N5OS. The number of nitrogens with one attached hydrogen (secondary N) is 1. The minimum Gasteiger partial charge on any atom is -0.497 e. The summed E-state index contributed by atoms with van der Waals surface area (Å²) < 4.78 is 7.75. The van der Waals surface area contributed by atoms with E-state index in [1.54, 1.807) is 7.11 Å². The number of rotatable bonds is 7. The monoisotopic (exact) mass is 449 g/mol. The molecular weight excluding hydrogens is 418 g/mol. The smallest absolute Gasteiger partial charge is 0.170 e. The summed E-state index contributed by atoms with van der Waals surface area (Å²) in [5.74, 6) is 0.847. The van der Waals surface area contributed by atoms with E-state index in [4.69, 9.17) is 17.0 Å². The normalized spacial score (nSPS) is 18.3. The maximum atomic E-state index is 5.80. The largest absolute Gasteiger partial charge is 0.497 e. The van der Waals surface area contributed by atoms with Crippen molar-refractivity contribution in [2.45, 2.75) is 25.9 Å². The van der Waals surface area contributed by atoms with Gasteiger partial charge in [0.2, 0.25) is 0 Å². The number of benzene rings is 1. The van der Waals surface area contributed by atoms with Crippen LogP contribution in [0.4, 0.5) is 0 Å². The summed E-state index contributed by atoms with van der Waals surface area (Å²) in [6.07, 6.45) is 1.85. The van der Waals surface area contributed by atoms with Crippen LogP contribution in [-0.4, -0.2) is 58.8 Å². The lowest BCUT2D eigenvalue weighted by Gasteiger charge is -2.29. The Kier molecular flexibility index (Phi) is 6.48. The third-order valence-corrected chi connectivity index (χ3v) is 6.44. The molecule has 0 saturated carbocycles. The molecule has 3 aromatic rings. The van der Waals surface area contributed by atoms with Gasteiger partial charge in [-0.05, 0) is 76.1 Å². The van der Waals surface area contributed by atoms with Crippen molar-refractivity contribution < 1.29 is 4.74 Å². The number of nitrogens with zero attached hydrogens (tertiary/aromatic N) is 4. The molecule has 1 aliphatic rings. The van der Waals surface area contributed by atoms with Crippen molar-refractivity contribution in [1.82, 2.24) is 24.7 Å². The molecule has 4 rings (SSSR count). The van der Waals surface area contributed by atoms with E-state index in [-0.39, 0.29) is 12.1 Å². The van der Waals surface area contributed by atoms with E-state index >= 15 is 0 Å². The first-order valence-corrected chi connectivity index (χ1v) is 11.3. The summed E-state index contributed by atoms with van der Waals surface area (Å²) in [5.41, 5.74) is 5.72. The SMILES string of the molecule is COc1cccc(-n2c(C)cc([C@@H]3[C@@H](c4ccccn4)NC(=S)N3CCN(C)C)c2C)c1. The lowest BCUT2D eigenvalue weighted by molar-refractivity contribution is 0.277. The Morgan fingerprint density at radius 2 is 1.94 bits per heavy atom. The van der Waals surface area contributed by atoms with Crippen LogP contribution in [0.2, 0.25) is 0 Å². The second-order valence-corrected chi connectivity index (χ2v) is 8.87. The van der Waals surface area contributed by atoms with Crippen molar-refractivity contribution in [3.8, 4) is 11.4 Å². The molecule has 0 aliphatic carbocycles. The molecule has 3 heterocycles. The zero-order valence-corrected chi connectivity index (χ0v) is 20.2. The van der Waals surface area contributed by atoms with E-state index < -0.39 is 0 Å². The maximum Gasteiger partial charge on any atom is 0.170 e. The van der Waals surface area contributed by atoms with Gasteiger partial charge in [0, 0.05) is 42.4 Å². The summed E-state index contributed by atoms with van der Waals surface area (Å²) in [4.78, 5) is 9.16. The molecule has 7 heteroatoms. The molecule has 2 aromatic heterocycles. The van der Waals surface area contributed by atoms with Crippen LogP contribution in [0.25, 0.3) is 5.69 Å². The molecule has 1 saturated heterocycles. The van der Waals surface area contributed by atoms with Crippen molar-refractivity contribution >= 4 is 17.3 Å². The molecule has 0 radical (unpaired) electrons. The third kappa shape index (κ3) is 4.23. The second-order valence-electron chi connectivity index (χ2n) is 8.49. The van der Waals surface area contributed by atoms with E-state index in [0.717, 1.165) is 35.3 Å². The van der Waals surface area contributed by atoms with E-state index in [0.29, 0.717) is 0 Å². The number of likely N-dealkylation sites (N-methyl/N-ethyl adjacent to an activating group) is 1. The van der Waals surface area contributed by atoms with Crippen LogP contribution in [0.5, 0.6) is 5.75 Å². The topological polar surface area (TPSA) is 45.6 Å². The molecule has 0 bridgehead atoms. The molecule has 1 N–H and O–H groups in total. The van der Waals surface area contributed by atoms with Gasteiger partial charge in [0.1, 0.15) is 5.75 Å². The fourth-order valence-corrected chi connectivity index (χ4v) is 4.86. The van der Waals surface area contributed by atoms with Gasteiger partial charge in [-0.15, -0.1) is 0 Å². The van der Waals surface area contributed by atoms with Gasteiger partial charge >= 0.3 is 0 Å². The van der Waals surface area contributed by atoms with Crippen LogP contribution in [0.1, 0.15) is 34.7 Å². The van der Waals surface area contributed by atoms with Crippen molar-refractivity contribution in [3.63, 3.8) is 0 Å². The minimum absolute atomic E-state index is 0.00915. The van der Waals surface area contributed by atoms with E-state index in [2.05, 4.69) is 76.9 Å². The van der Waals surface area contributed by atoms with Gasteiger partial charge in [-0.1, -0.05) is 12.1 Å². The average molecular weight is 450 g/mol. The van der Waals surface area contributed by atoms with E-state index in [1.165, 1.54) is 17.0 Å². The number of thiocarbonyl (C=S) groups is 1. The molecule has 32 heavy (non-hydrogen) atoms. The van der Waals surface area contributed by atoms with Gasteiger partial charge in [0.15, 0.2) is 5.11 Å². The fourth-order valence-electron chi connectivity index (χ4n) is 4.53. The summed E-state index contributed by atoms with van der Waals surface area (Å²) >= 11 is 5.80. The van der Waals surface area contributed by atoms with Crippen LogP contribution < -0.4 is 10.1 Å². The molecule has 0 unspecified atom stereocenters. The van der Waals surface area contributed by atoms with Crippen LogP contribution in [0.15, 0.2) is 54.7 Å². The predicted molar refractivity (Wildman–Crippen MR) is 133 cm³/mol. The van der Waals surface area contributed by atoms with Gasteiger partial charge in [0.05, 0.1) is 24.9 Å². The number of aromatic nitrogens is 2. The highest BCUT2D eigenvalue weighted by molar-refractivity contribution is 7.80. The molecule has 6 nitrogen and oxygen atoms in total. The fraction of sp³-hybridized carbons (Fsp3) is 0.360. The molecule has 1 aliphatic heterocycles. The van der Waals surface area contributed by atoms with Gasteiger partial charge in [0.25, 0.3) is 0 Å². The van der Waals surface area contributed by atoms with Crippen molar-refractivity contribution in [3.05, 3.63) is 77.4 Å². The standard InChI is InChI=1S/C25H31N5OS/c1-17-15-21(18(2)30(17)19-9-8-10-20(16-19)31-5)24-23(22-11-6-7-12-26-22)27-25(32)29(24)14-13-28(3)4/h6-12,15-16,23-24H,13-14H2,1-5H3,(H,27,32)/t23-,24-/m1/s1. The van der Waals surface area contributed by atoms with Gasteiger partial charge in [-0.3, -0.25) is 4.98 Å². The predicted octanol–water partition coefficient (Wildman–Crippen LogP) is 4.03. The molecule has 1 aromatic carbocycles. The number of aryl methyl sites for hydroxylation is 1. The number of hydrogen-bond donors (Lipinski definition) is 1. The quantitative estimate of drug-likeness (QED) is 0.550. The first-order chi connectivity index (χ1) is 15.4. The van der Waals surface area contributed by atoms with Gasteiger partial charge < -0.3 is 24.4 Å². The Balaban J connectivity index is 1.80. The maximum absolute atomic E-state index is 5.80. The highest BCUT2D eigenvalue weighted by Crippen LogP contribution is 2.41. The number of hydrogen-bond acceptors (Lipinski definition) is 4. The zero-order chi connectivity index (χ0) is 22.8. The second kappa shape index (κ2) is 9.30. The first kappa shape index (κ1) is 22.3. The minimum atomic E-state index is -0.00915. The lowest BCUT2D eigenvalue weighted by atomic mass is 9.97. The molecule has 0 amide bonds. The molecule has 0 spiro atoms. The zero-order valence-electron chi connectivity index (χ0n) is 19.4. The highest BCUT2D eigenvalue weighted by atomic mass is 32.1. The summed E-state index contributed by atoms with van der Waals surface area (Å²) in [5, 5.41) is 4.33. The Hall–Kier alpha value is -2.90. The summed E-state index contributed by atoms with van der Waals surface area (Å²) in [6.45, 7) is 6.09. The molecule has 168 valence electrons. The molecule has 2 atom stereocenters. The van der Waals surface area contributed by atoms with E-state index in [9.17, 15) is 0 Å². The number of pyridine rings is 1. The van der Waals surface area contributed by atoms with Crippen molar-refractivity contribution in [2.24, 2.45) is 0 Å². The van der Waals surface area contributed by atoms with Crippen LogP contribution in [0.3, 0.4) is 0 Å². The van der Waals surface area contributed by atoms with Crippen LogP contribution >= 0.6 is 12.2 Å². The Morgan fingerprint density at radius 1 is 1.12 bits per heavy atom. The summed E-state index contributed by atoms with van der Waals surface area (Å²) in [6, 6.07) is 16.6.